The van der Waals surface area contributed by atoms with Crippen LogP contribution in [-0.2, 0) is 12.0 Å². The minimum absolute atomic E-state index is 0.00352. The molecule has 2 aliphatic carbocycles. The second-order valence-corrected chi connectivity index (χ2v) is 8.06. The Morgan fingerprint density at radius 1 is 1.38 bits per heavy atom. The van der Waals surface area contributed by atoms with Crippen molar-refractivity contribution in [1.82, 2.24) is 4.98 Å². The van der Waals surface area contributed by atoms with E-state index in [9.17, 15) is 9.90 Å². The van der Waals surface area contributed by atoms with Gasteiger partial charge in [0, 0.05) is 52.5 Å². The largest absolute Gasteiger partial charge is 0.504 e. The molecule has 0 radical (unpaired) electrons. The van der Waals surface area contributed by atoms with Gasteiger partial charge in [0.1, 0.15) is 5.54 Å². The van der Waals surface area contributed by atoms with Gasteiger partial charge in [0.15, 0.2) is 11.5 Å². The molecule has 0 amide bonds. The van der Waals surface area contributed by atoms with Crippen molar-refractivity contribution in [1.29, 1.82) is 0 Å². The number of allylic oxidation sites excluding steroid dienone is 2. The molecule has 2 N–H and O–H groups in total. The fraction of sp³-hybridized carbons (Fsp3) is 0.304. The Bertz CT molecular complexity index is 1130. The molecule has 0 fully saturated rings. The molecule has 2 aliphatic rings. The Labute approximate surface area is 174 Å². The highest BCUT2D eigenvalue weighted by atomic mass is 35.5. The third-order valence-corrected chi connectivity index (χ3v) is 6.01. The first-order valence-electron chi connectivity index (χ1n) is 9.56. The van der Waals surface area contributed by atoms with Crippen molar-refractivity contribution in [2.24, 2.45) is 10.9 Å². The summed E-state index contributed by atoms with van der Waals surface area (Å²) in [6.45, 7) is 4.14. The minimum Gasteiger partial charge on any atom is -0.504 e. The quantitative estimate of drug-likeness (QED) is 0.576. The third kappa shape index (κ3) is 3.19. The lowest BCUT2D eigenvalue weighted by Gasteiger charge is -2.45. The molecule has 2 aromatic rings. The number of ether oxygens (including phenoxy) is 1. The maximum absolute atomic E-state index is 11.9. The summed E-state index contributed by atoms with van der Waals surface area (Å²) in [4.78, 5) is 20.0. The summed E-state index contributed by atoms with van der Waals surface area (Å²) in [7, 11) is 1.48. The molecule has 1 heterocycles. The Hall–Kier alpha value is -2.79. The summed E-state index contributed by atoms with van der Waals surface area (Å²) in [5.74, 6) is 0.476. The number of aromatic hydroxyl groups is 1. The van der Waals surface area contributed by atoms with Gasteiger partial charge in [0.25, 0.3) is 0 Å². The molecule has 1 aromatic carbocycles. The van der Waals surface area contributed by atoms with Gasteiger partial charge < -0.3 is 14.8 Å². The molecule has 2 bridgehead atoms. The predicted octanol–water partition coefficient (Wildman–Crippen LogP) is 4.53. The number of benzene rings is 1. The number of hydrogen-bond acceptors (Lipinski definition) is 4. The van der Waals surface area contributed by atoms with Crippen LogP contribution in [0.25, 0.3) is 0 Å². The molecular weight excluding hydrogens is 388 g/mol. The number of fused-ring (bicyclic) bond motifs is 4. The number of nitrogens with zero attached hydrogens (tertiary/aromatic N) is 1. The normalized spacial score (nSPS) is 24.5. The Morgan fingerprint density at radius 2 is 2.17 bits per heavy atom. The number of methoxy groups -OCH3 is 1. The summed E-state index contributed by atoms with van der Waals surface area (Å²) in [5.41, 5.74) is 4.12. The van der Waals surface area contributed by atoms with E-state index in [1.165, 1.54) is 18.3 Å². The zero-order valence-corrected chi connectivity index (χ0v) is 17.4. The van der Waals surface area contributed by atoms with Gasteiger partial charge in [-0.05, 0) is 38.0 Å². The molecule has 1 aromatic heterocycles. The van der Waals surface area contributed by atoms with Crippen LogP contribution in [0.4, 0.5) is 0 Å². The molecule has 0 spiro atoms. The SMILES string of the molecule is C/C=C1\[C@H]2C=C(C)C[C@@]1(N=Cc1cc(Cl)cc(OC)c1O)c1ccc(=O)[nH]c1C2. The van der Waals surface area contributed by atoms with Crippen LogP contribution >= 0.6 is 11.6 Å². The number of phenols is 1. The van der Waals surface area contributed by atoms with E-state index < -0.39 is 5.54 Å². The van der Waals surface area contributed by atoms with Gasteiger partial charge in [-0.2, -0.15) is 0 Å². The molecule has 2 atom stereocenters. The van der Waals surface area contributed by atoms with Crippen LogP contribution < -0.4 is 10.3 Å². The van der Waals surface area contributed by atoms with Crippen LogP contribution in [0.3, 0.4) is 0 Å². The number of aromatic amines is 1. The number of aliphatic imine (C=N–C) groups is 1. The first kappa shape index (κ1) is 19.5. The van der Waals surface area contributed by atoms with Crippen LogP contribution in [0, 0.1) is 5.92 Å². The van der Waals surface area contributed by atoms with Crippen molar-refractivity contribution in [3.8, 4) is 11.5 Å². The number of nitrogens with one attached hydrogen (secondary N) is 1. The van der Waals surface area contributed by atoms with Gasteiger partial charge in [-0.1, -0.05) is 29.3 Å². The van der Waals surface area contributed by atoms with Crippen LogP contribution in [0.15, 0.2) is 57.4 Å². The fourth-order valence-electron chi connectivity index (χ4n) is 4.68. The molecule has 29 heavy (non-hydrogen) atoms. The van der Waals surface area contributed by atoms with E-state index in [0.29, 0.717) is 22.8 Å². The summed E-state index contributed by atoms with van der Waals surface area (Å²) in [6.07, 6.45) is 7.49. The molecule has 5 nitrogen and oxygen atoms in total. The van der Waals surface area contributed by atoms with Gasteiger partial charge in [0.2, 0.25) is 5.56 Å². The summed E-state index contributed by atoms with van der Waals surface area (Å²) in [5, 5.41) is 11.0. The number of halogens is 1. The Kier molecular flexibility index (Phi) is 4.87. The average molecular weight is 411 g/mol. The predicted molar refractivity (Wildman–Crippen MR) is 115 cm³/mol. The fourth-order valence-corrected chi connectivity index (χ4v) is 4.90. The van der Waals surface area contributed by atoms with Gasteiger partial charge in [0.05, 0.1) is 7.11 Å². The first-order chi connectivity index (χ1) is 13.9. The van der Waals surface area contributed by atoms with Crippen molar-refractivity contribution >= 4 is 17.8 Å². The number of phenolic OH excluding ortho intramolecular Hbond substituents is 1. The lowest BCUT2D eigenvalue weighted by atomic mass is 9.63. The van der Waals surface area contributed by atoms with Crippen LogP contribution in [0.5, 0.6) is 11.5 Å². The topological polar surface area (TPSA) is 74.7 Å². The van der Waals surface area contributed by atoms with E-state index in [2.05, 4.69) is 24.1 Å². The summed E-state index contributed by atoms with van der Waals surface area (Å²) in [6, 6.07) is 6.65. The molecule has 4 rings (SSSR count). The molecule has 6 heteroatoms. The summed E-state index contributed by atoms with van der Waals surface area (Å²) < 4.78 is 5.21. The van der Waals surface area contributed by atoms with Crippen LogP contribution in [-0.4, -0.2) is 23.4 Å². The number of rotatable bonds is 3. The van der Waals surface area contributed by atoms with E-state index in [0.717, 1.165) is 17.7 Å². The number of pyridine rings is 1. The lowest BCUT2D eigenvalue weighted by Crippen LogP contribution is -2.40. The zero-order valence-electron chi connectivity index (χ0n) is 16.6. The number of hydrogen-bond donors (Lipinski definition) is 2. The molecule has 0 aliphatic heterocycles. The highest BCUT2D eigenvalue weighted by Crippen LogP contribution is 2.52. The van der Waals surface area contributed by atoms with E-state index >= 15 is 0 Å². The van der Waals surface area contributed by atoms with Crippen LogP contribution in [0.2, 0.25) is 5.02 Å². The van der Waals surface area contributed by atoms with Crippen molar-refractivity contribution in [2.45, 2.75) is 32.2 Å². The highest BCUT2D eigenvalue weighted by Gasteiger charge is 2.46. The molecule has 0 unspecified atom stereocenters. The zero-order chi connectivity index (χ0) is 20.8. The van der Waals surface area contributed by atoms with Crippen molar-refractivity contribution < 1.29 is 9.84 Å². The van der Waals surface area contributed by atoms with E-state index in [4.69, 9.17) is 21.3 Å². The maximum atomic E-state index is 11.9. The first-order valence-corrected chi connectivity index (χ1v) is 9.94. The molecular formula is C23H23ClN2O3. The van der Waals surface area contributed by atoms with Crippen molar-refractivity contribution in [3.05, 3.63) is 79.8 Å². The van der Waals surface area contributed by atoms with Crippen molar-refractivity contribution in [2.75, 3.05) is 7.11 Å². The number of aromatic nitrogens is 1. The summed E-state index contributed by atoms with van der Waals surface area (Å²) >= 11 is 6.19. The van der Waals surface area contributed by atoms with E-state index in [-0.39, 0.29) is 17.2 Å². The lowest BCUT2D eigenvalue weighted by molar-refractivity contribution is 0.373. The van der Waals surface area contributed by atoms with Gasteiger partial charge in [-0.15, -0.1) is 0 Å². The third-order valence-electron chi connectivity index (χ3n) is 5.79. The minimum atomic E-state index is -0.627. The molecule has 150 valence electrons. The molecule has 0 saturated heterocycles. The smallest absolute Gasteiger partial charge is 0.248 e. The maximum Gasteiger partial charge on any atom is 0.248 e. The van der Waals surface area contributed by atoms with Gasteiger partial charge in [-0.3, -0.25) is 9.79 Å². The molecule has 0 saturated carbocycles. The monoisotopic (exact) mass is 410 g/mol. The standard InChI is InChI=1S/C23H23ClN2O3/c1-4-17-14-7-13(2)11-23(17,18-5-6-21(27)26-19(18)9-14)25-12-15-8-16(24)10-20(29-3)22(15)28/h4-8,10,12,14,28H,9,11H2,1-3H3,(H,26,27)/b17-4+,25-12?/t14-,23-/m0/s1. The second-order valence-electron chi connectivity index (χ2n) is 7.62. The Morgan fingerprint density at radius 3 is 2.90 bits per heavy atom. The average Bonchev–Trinajstić information content (AvgIpc) is 2.67. The van der Waals surface area contributed by atoms with E-state index in [1.807, 2.05) is 13.0 Å². The Balaban J connectivity index is 1.92. The second kappa shape index (κ2) is 7.23. The van der Waals surface area contributed by atoms with E-state index in [1.54, 1.807) is 24.4 Å². The van der Waals surface area contributed by atoms with Gasteiger partial charge in [-0.25, -0.2) is 0 Å². The van der Waals surface area contributed by atoms with Gasteiger partial charge >= 0.3 is 0 Å². The highest BCUT2D eigenvalue weighted by molar-refractivity contribution is 6.31. The number of H-pyrrole nitrogens is 1. The van der Waals surface area contributed by atoms with Crippen LogP contribution in [0.1, 0.15) is 37.1 Å². The van der Waals surface area contributed by atoms with Crippen molar-refractivity contribution in [3.63, 3.8) is 0 Å².